The number of thiophene rings is 1. The fourth-order valence-corrected chi connectivity index (χ4v) is 3.64. The van der Waals surface area contributed by atoms with Gasteiger partial charge in [-0.3, -0.25) is 4.99 Å². The van der Waals surface area contributed by atoms with E-state index < -0.39 is 5.60 Å². The van der Waals surface area contributed by atoms with Crippen LogP contribution in [0.2, 0.25) is 0 Å². The van der Waals surface area contributed by atoms with Crippen LogP contribution in [0.15, 0.2) is 21.8 Å². The fraction of sp³-hybridized carbons (Fsp3) is 0.706. The molecule has 0 bridgehead atoms. The summed E-state index contributed by atoms with van der Waals surface area (Å²) < 4.78 is 0. The van der Waals surface area contributed by atoms with Gasteiger partial charge in [0, 0.05) is 13.1 Å². The van der Waals surface area contributed by atoms with Crippen LogP contribution in [0.5, 0.6) is 0 Å². The summed E-state index contributed by atoms with van der Waals surface area (Å²) in [5.74, 6) is 1.26. The Morgan fingerprint density at radius 3 is 2.77 bits per heavy atom. The van der Waals surface area contributed by atoms with E-state index in [0.29, 0.717) is 12.5 Å². The second-order valence-corrected chi connectivity index (χ2v) is 7.10. The number of guanidine groups is 1. The first-order valence-corrected chi connectivity index (χ1v) is 9.34. The molecule has 1 aromatic heterocycles. The minimum absolute atomic E-state index is 0.452. The summed E-state index contributed by atoms with van der Waals surface area (Å²) in [4.78, 5) is 4.61. The largest absolute Gasteiger partial charge is 0.388 e. The van der Waals surface area contributed by atoms with Crippen molar-refractivity contribution in [3.05, 3.63) is 22.4 Å². The standard InChI is InChI=1S/C17H29N3OS/c1-3-18-16(19-11-14(2)15-7-10-22-12-15)20-13-17(21)8-5-4-6-9-17/h7,10,12,14,21H,3-6,8-9,11,13H2,1-2H3,(H2,18,19,20). The number of hydrogen-bond acceptors (Lipinski definition) is 3. The Balaban J connectivity index is 1.86. The monoisotopic (exact) mass is 323 g/mol. The third kappa shape index (κ3) is 5.29. The van der Waals surface area contributed by atoms with E-state index in [0.717, 1.165) is 44.7 Å². The lowest BCUT2D eigenvalue weighted by Gasteiger charge is -2.30. The zero-order chi connectivity index (χ0) is 15.8. The number of aliphatic imine (C=N–C) groups is 1. The van der Waals surface area contributed by atoms with E-state index in [4.69, 9.17) is 0 Å². The number of hydrogen-bond donors (Lipinski definition) is 3. The molecule has 22 heavy (non-hydrogen) atoms. The van der Waals surface area contributed by atoms with Crippen LogP contribution in [0.1, 0.15) is 57.4 Å². The van der Waals surface area contributed by atoms with Gasteiger partial charge in [0.05, 0.1) is 12.1 Å². The Kier molecular flexibility index (Phi) is 6.70. The van der Waals surface area contributed by atoms with Crippen LogP contribution in [0.4, 0.5) is 0 Å². The second kappa shape index (κ2) is 8.53. The van der Waals surface area contributed by atoms with Crippen LogP contribution in [0.25, 0.3) is 0 Å². The Bertz CT molecular complexity index is 452. The van der Waals surface area contributed by atoms with Crippen molar-refractivity contribution in [2.45, 2.75) is 57.5 Å². The van der Waals surface area contributed by atoms with Crippen molar-refractivity contribution >= 4 is 17.3 Å². The SMILES string of the molecule is CCNC(=NCC1(O)CCCCC1)NCC(C)c1ccsc1. The highest BCUT2D eigenvalue weighted by atomic mass is 32.1. The maximum Gasteiger partial charge on any atom is 0.191 e. The topological polar surface area (TPSA) is 56.7 Å². The van der Waals surface area contributed by atoms with Crippen molar-refractivity contribution in [2.75, 3.05) is 19.6 Å². The van der Waals surface area contributed by atoms with E-state index in [-0.39, 0.29) is 0 Å². The minimum Gasteiger partial charge on any atom is -0.388 e. The van der Waals surface area contributed by atoms with E-state index in [9.17, 15) is 5.11 Å². The molecule has 0 aliphatic heterocycles. The molecule has 1 aliphatic carbocycles. The van der Waals surface area contributed by atoms with Gasteiger partial charge < -0.3 is 15.7 Å². The predicted molar refractivity (Wildman–Crippen MR) is 94.8 cm³/mol. The Morgan fingerprint density at radius 1 is 1.36 bits per heavy atom. The van der Waals surface area contributed by atoms with Gasteiger partial charge in [0.25, 0.3) is 0 Å². The highest BCUT2D eigenvalue weighted by molar-refractivity contribution is 7.07. The summed E-state index contributed by atoms with van der Waals surface area (Å²) in [7, 11) is 0. The fourth-order valence-electron chi connectivity index (χ4n) is 2.86. The molecule has 1 heterocycles. The van der Waals surface area contributed by atoms with Gasteiger partial charge in [0.2, 0.25) is 0 Å². The van der Waals surface area contributed by atoms with Crippen LogP contribution >= 0.6 is 11.3 Å². The van der Waals surface area contributed by atoms with Crippen molar-refractivity contribution in [2.24, 2.45) is 4.99 Å². The van der Waals surface area contributed by atoms with Gasteiger partial charge in [0.15, 0.2) is 5.96 Å². The molecule has 1 aliphatic rings. The maximum absolute atomic E-state index is 10.6. The molecule has 1 saturated carbocycles. The first kappa shape index (κ1) is 17.3. The van der Waals surface area contributed by atoms with Crippen LogP contribution in [0.3, 0.4) is 0 Å². The molecule has 0 amide bonds. The minimum atomic E-state index is -0.598. The van der Waals surface area contributed by atoms with E-state index in [1.807, 2.05) is 0 Å². The normalized spacial score (nSPS) is 19.7. The molecule has 0 aromatic carbocycles. The van der Waals surface area contributed by atoms with Crippen LogP contribution in [-0.4, -0.2) is 36.3 Å². The highest BCUT2D eigenvalue weighted by Crippen LogP contribution is 2.28. The summed E-state index contributed by atoms with van der Waals surface area (Å²) in [6, 6.07) is 2.17. The van der Waals surface area contributed by atoms with Crippen LogP contribution < -0.4 is 10.6 Å². The number of nitrogens with one attached hydrogen (secondary N) is 2. The lowest BCUT2D eigenvalue weighted by Crippen LogP contribution is -2.41. The molecule has 3 N–H and O–H groups in total. The molecular weight excluding hydrogens is 294 g/mol. The maximum atomic E-state index is 10.6. The molecule has 0 radical (unpaired) electrons. The summed E-state index contributed by atoms with van der Waals surface area (Å²) in [5, 5.41) is 21.5. The number of aliphatic hydroxyl groups is 1. The summed E-state index contributed by atoms with van der Waals surface area (Å²) in [5.41, 5.74) is 0.763. The lowest BCUT2D eigenvalue weighted by molar-refractivity contribution is 0.0131. The molecule has 4 nitrogen and oxygen atoms in total. The lowest BCUT2D eigenvalue weighted by atomic mass is 9.85. The molecule has 1 fully saturated rings. The third-order valence-corrected chi connectivity index (χ3v) is 5.05. The molecule has 0 saturated heterocycles. The molecule has 1 unspecified atom stereocenters. The molecular formula is C17H29N3OS. The molecule has 0 spiro atoms. The number of nitrogens with zero attached hydrogens (tertiary/aromatic N) is 1. The molecule has 5 heteroatoms. The van der Waals surface area contributed by atoms with E-state index in [2.05, 4.69) is 46.3 Å². The quantitative estimate of drug-likeness (QED) is 0.557. The molecule has 124 valence electrons. The van der Waals surface area contributed by atoms with E-state index in [1.165, 1.54) is 12.0 Å². The van der Waals surface area contributed by atoms with Gasteiger partial charge in [-0.2, -0.15) is 11.3 Å². The number of rotatable bonds is 6. The Labute approximate surface area is 138 Å². The molecule has 1 aromatic rings. The summed E-state index contributed by atoms with van der Waals surface area (Å²) in [6.45, 7) is 6.45. The van der Waals surface area contributed by atoms with Crippen molar-refractivity contribution in [3.63, 3.8) is 0 Å². The third-order valence-electron chi connectivity index (χ3n) is 4.35. The zero-order valence-electron chi connectivity index (χ0n) is 13.8. The first-order valence-electron chi connectivity index (χ1n) is 8.39. The average molecular weight is 324 g/mol. The van der Waals surface area contributed by atoms with Gasteiger partial charge in [-0.05, 0) is 48.1 Å². The van der Waals surface area contributed by atoms with Crippen molar-refractivity contribution in [1.82, 2.24) is 10.6 Å². The zero-order valence-corrected chi connectivity index (χ0v) is 14.6. The van der Waals surface area contributed by atoms with E-state index in [1.54, 1.807) is 11.3 Å². The van der Waals surface area contributed by atoms with Gasteiger partial charge in [-0.1, -0.05) is 26.2 Å². The van der Waals surface area contributed by atoms with Crippen molar-refractivity contribution in [3.8, 4) is 0 Å². The summed E-state index contributed by atoms with van der Waals surface area (Å²) in [6.07, 6.45) is 5.22. The molecule has 1 atom stereocenters. The van der Waals surface area contributed by atoms with Gasteiger partial charge in [-0.25, -0.2) is 0 Å². The Morgan fingerprint density at radius 2 is 2.14 bits per heavy atom. The first-order chi connectivity index (χ1) is 10.6. The van der Waals surface area contributed by atoms with Crippen LogP contribution in [-0.2, 0) is 0 Å². The van der Waals surface area contributed by atoms with E-state index >= 15 is 0 Å². The average Bonchev–Trinajstić information content (AvgIpc) is 3.05. The second-order valence-electron chi connectivity index (χ2n) is 6.32. The molecule has 2 rings (SSSR count). The Hall–Kier alpha value is -1.07. The highest BCUT2D eigenvalue weighted by Gasteiger charge is 2.28. The van der Waals surface area contributed by atoms with Gasteiger partial charge in [0.1, 0.15) is 0 Å². The van der Waals surface area contributed by atoms with Gasteiger partial charge >= 0.3 is 0 Å². The van der Waals surface area contributed by atoms with Crippen LogP contribution in [0, 0.1) is 0 Å². The van der Waals surface area contributed by atoms with Gasteiger partial charge in [-0.15, -0.1) is 0 Å². The van der Waals surface area contributed by atoms with Crippen molar-refractivity contribution < 1.29 is 5.11 Å². The smallest absolute Gasteiger partial charge is 0.191 e. The summed E-state index contributed by atoms with van der Waals surface area (Å²) >= 11 is 1.73. The predicted octanol–water partition coefficient (Wildman–Crippen LogP) is 3.10. The van der Waals surface area contributed by atoms with Crippen molar-refractivity contribution in [1.29, 1.82) is 0 Å².